The van der Waals surface area contributed by atoms with Crippen LogP contribution in [-0.2, 0) is 14.3 Å². The third-order valence-corrected chi connectivity index (χ3v) is 1.46. The molecule has 0 rings (SSSR count). The number of carbonyl (C=O) groups is 2. The molecule has 0 spiro atoms. The number of rotatable bonds is 7. The van der Waals surface area contributed by atoms with Crippen LogP contribution in [0.4, 0.5) is 0 Å². The van der Waals surface area contributed by atoms with E-state index < -0.39 is 5.97 Å². The van der Waals surface area contributed by atoms with Crippen molar-refractivity contribution in [3.05, 3.63) is 12.7 Å². The fraction of sp³-hybridized carbons (Fsp3) is 0.600. The summed E-state index contributed by atoms with van der Waals surface area (Å²) in [5.41, 5.74) is 0. The smallest absolute Gasteiger partial charge is 0.313 e. The molecule has 0 saturated carbocycles. The first-order chi connectivity index (χ1) is 6.16. The van der Waals surface area contributed by atoms with Gasteiger partial charge in [0.2, 0.25) is 0 Å². The molecule has 0 fully saturated rings. The number of Topliss-reactive ketones (excluding diaryl/α,β-unsaturated/α-hetero) is 1. The van der Waals surface area contributed by atoms with Crippen molar-refractivity contribution in [2.45, 2.75) is 32.6 Å². The number of carbonyl (C=O) groups excluding carboxylic acids is 2. The van der Waals surface area contributed by atoms with E-state index in [2.05, 4.69) is 6.58 Å². The van der Waals surface area contributed by atoms with E-state index >= 15 is 0 Å². The van der Waals surface area contributed by atoms with Crippen LogP contribution in [0.25, 0.3) is 0 Å². The van der Waals surface area contributed by atoms with Crippen LogP contribution in [0.1, 0.15) is 32.6 Å². The molecule has 0 aliphatic heterocycles. The summed E-state index contributed by atoms with van der Waals surface area (Å²) in [4.78, 5) is 21.3. The lowest BCUT2D eigenvalue weighted by Crippen LogP contribution is -2.09. The molecule has 0 N–H and O–H groups in total. The summed E-state index contributed by atoms with van der Waals surface area (Å²) in [6, 6.07) is 0. The van der Waals surface area contributed by atoms with Gasteiger partial charge in [0.05, 0.1) is 6.61 Å². The van der Waals surface area contributed by atoms with Crippen molar-refractivity contribution in [3.63, 3.8) is 0 Å². The fourth-order valence-corrected chi connectivity index (χ4v) is 0.831. The van der Waals surface area contributed by atoms with Crippen molar-refractivity contribution in [1.29, 1.82) is 0 Å². The van der Waals surface area contributed by atoms with Crippen LogP contribution in [0, 0.1) is 0 Å². The molecule has 0 atom stereocenters. The molecular formula is C10H16O3. The Labute approximate surface area is 78.8 Å². The van der Waals surface area contributed by atoms with E-state index in [4.69, 9.17) is 4.74 Å². The van der Waals surface area contributed by atoms with Crippen LogP contribution >= 0.6 is 0 Å². The van der Waals surface area contributed by atoms with Crippen molar-refractivity contribution in [1.82, 2.24) is 0 Å². The van der Waals surface area contributed by atoms with Gasteiger partial charge in [-0.3, -0.25) is 9.59 Å². The van der Waals surface area contributed by atoms with Crippen molar-refractivity contribution < 1.29 is 14.3 Å². The minimum atomic E-state index is -0.425. The van der Waals surface area contributed by atoms with E-state index in [9.17, 15) is 9.59 Å². The average molecular weight is 184 g/mol. The van der Waals surface area contributed by atoms with Crippen LogP contribution in [0.15, 0.2) is 12.7 Å². The Bertz CT molecular complexity index is 185. The molecule has 0 amide bonds. The summed E-state index contributed by atoms with van der Waals surface area (Å²) in [6.45, 7) is 5.36. The highest BCUT2D eigenvalue weighted by Crippen LogP contribution is 1.97. The van der Waals surface area contributed by atoms with Crippen LogP contribution in [0.2, 0.25) is 0 Å². The molecule has 0 bridgehead atoms. The number of unbranched alkanes of at least 4 members (excludes halogenated alkanes) is 2. The summed E-state index contributed by atoms with van der Waals surface area (Å²) in [6.07, 6.45) is 4.45. The predicted molar refractivity (Wildman–Crippen MR) is 50.3 cm³/mol. The first-order valence-corrected chi connectivity index (χ1v) is 4.42. The van der Waals surface area contributed by atoms with Gasteiger partial charge in [-0.05, 0) is 26.2 Å². The van der Waals surface area contributed by atoms with Crippen molar-refractivity contribution in [2.75, 3.05) is 6.61 Å². The summed E-state index contributed by atoms with van der Waals surface area (Å²) < 4.78 is 4.81. The summed E-state index contributed by atoms with van der Waals surface area (Å²) in [5, 5.41) is 0. The van der Waals surface area contributed by atoms with Gasteiger partial charge in [0.15, 0.2) is 0 Å². The first-order valence-electron chi connectivity index (χ1n) is 4.42. The lowest BCUT2D eigenvalue weighted by molar-refractivity contribution is -0.145. The highest BCUT2D eigenvalue weighted by molar-refractivity contribution is 5.94. The Kier molecular flexibility index (Phi) is 6.88. The highest BCUT2D eigenvalue weighted by Gasteiger charge is 2.04. The molecule has 0 unspecified atom stereocenters. The van der Waals surface area contributed by atoms with Gasteiger partial charge < -0.3 is 4.74 Å². The van der Waals surface area contributed by atoms with E-state index in [-0.39, 0.29) is 12.2 Å². The lowest BCUT2D eigenvalue weighted by Gasteiger charge is -2.01. The molecular weight excluding hydrogens is 168 g/mol. The molecule has 0 aromatic rings. The molecule has 0 aromatic carbocycles. The van der Waals surface area contributed by atoms with Gasteiger partial charge in [0.25, 0.3) is 0 Å². The average Bonchev–Trinajstić information content (AvgIpc) is 2.02. The van der Waals surface area contributed by atoms with Crippen LogP contribution in [0.3, 0.4) is 0 Å². The molecule has 0 heterocycles. The SMILES string of the molecule is C=CCCCCOC(=O)CC(C)=O. The summed E-state index contributed by atoms with van der Waals surface area (Å²) >= 11 is 0. The second kappa shape index (κ2) is 7.53. The largest absolute Gasteiger partial charge is 0.465 e. The van der Waals surface area contributed by atoms with E-state index in [1.807, 2.05) is 6.08 Å². The number of esters is 1. The zero-order valence-corrected chi connectivity index (χ0v) is 8.04. The van der Waals surface area contributed by atoms with Crippen molar-refractivity contribution in [3.8, 4) is 0 Å². The monoisotopic (exact) mass is 184 g/mol. The normalized spacial score (nSPS) is 9.31. The third kappa shape index (κ3) is 8.79. The number of allylic oxidation sites excluding steroid dienone is 1. The summed E-state index contributed by atoms with van der Waals surface area (Å²) in [5.74, 6) is -0.581. The molecule has 0 saturated heterocycles. The van der Waals surface area contributed by atoms with Gasteiger partial charge >= 0.3 is 5.97 Å². The molecule has 0 aromatic heterocycles. The minimum Gasteiger partial charge on any atom is -0.465 e. The molecule has 74 valence electrons. The Morgan fingerprint density at radius 3 is 2.62 bits per heavy atom. The van der Waals surface area contributed by atoms with Crippen LogP contribution in [-0.4, -0.2) is 18.4 Å². The lowest BCUT2D eigenvalue weighted by atomic mass is 10.2. The molecule has 13 heavy (non-hydrogen) atoms. The Hall–Kier alpha value is -1.12. The molecule has 0 radical (unpaired) electrons. The van der Waals surface area contributed by atoms with Crippen LogP contribution < -0.4 is 0 Å². The van der Waals surface area contributed by atoms with E-state index in [0.29, 0.717) is 6.61 Å². The van der Waals surface area contributed by atoms with E-state index in [1.165, 1.54) is 6.92 Å². The van der Waals surface area contributed by atoms with E-state index in [1.54, 1.807) is 0 Å². The Balaban J connectivity index is 3.26. The first kappa shape index (κ1) is 11.9. The van der Waals surface area contributed by atoms with Gasteiger partial charge in [0.1, 0.15) is 12.2 Å². The third-order valence-electron chi connectivity index (χ3n) is 1.46. The maximum absolute atomic E-state index is 10.8. The maximum atomic E-state index is 10.8. The Morgan fingerprint density at radius 1 is 1.38 bits per heavy atom. The standard InChI is InChI=1S/C10H16O3/c1-3-4-5-6-7-13-10(12)8-9(2)11/h3H,1,4-8H2,2H3. The predicted octanol–water partition coefficient (Wildman–Crippen LogP) is 1.86. The molecule has 3 heteroatoms. The van der Waals surface area contributed by atoms with Gasteiger partial charge in [-0.1, -0.05) is 6.08 Å². The number of hydrogen-bond donors (Lipinski definition) is 0. The quantitative estimate of drug-likeness (QED) is 0.262. The summed E-state index contributed by atoms with van der Waals surface area (Å²) in [7, 11) is 0. The number of hydrogen-bond acceptors (Lipinski definition) is 3. The van der Waals surface area contributed by atoms with E-state index in [0.717, 1.165) is 19.3 Å². The minimum absolute atomic E-state index is 0.110. The van der Waals surface area contributed by atoms with Gasteiger partial charge in [0, 0.05) is 0 Å². The van der Waals surface area contributed by atoms with Crippen molar-refractivity contribution in [2.24, 2.45) is 0 Å². The second-order valence-corrected chi connectivity index (χ2v) is 2.88. The number of ether oxygens (including phenoxy) is 1. The fourth-order valence-electron chi connectivity index (χ4n) is 0.831. The molecule has 3 nitrogen and oxygen atoms in total. The van der Waals surface area contributed by atoms with Gasteiger partial charge in [-0.2, -0.15) is 0 Å². The molecule has 0 aliphatic rings. The topological polar surface area (TPSA) is 43.4 Å². The maximum Gasteiger partial charge on any atom is 0.313 e. The number of ketones is 1. The van der Waals surface area contributed by atoms with Crippen LogP contribution in [0.5, 0.6) is 0 Å². The van der Waals surface area contributed by atoms with Gasteiger partial charge in [-0.25, -0.2) is 0 Å². The second-order valence-electron chi connectivity index (χ2n) is 2.88. The molecule has 0 aliphatic carbocycles. The Morgan fingerprint density at radius 2 is 2.08 bits per heavy atom. The highest BCUT2D eigenvalue weighted by atomic mass is 16.5. The zero-order chi connectivity index (χ0) is 10.1. The van der Waals surface area contributed by atoms with Gasteiger partial charge in [-0.15, -0.1) is 6.58 Å². The zero-order valence-electron chi connectivity index (χ0n) is 8.04. The van der Waals surface area contributed by atoms with Crippen molar-refractivity contribution >= 4 is 11.8 Å².